The third-order valence-corrected chi connectivity index (χ3v) is 3.20. The maximum atomic E-state index is 13.5. The van der Waals surface area contributed by atoms with Crippen molar-refractivity contribution in [1.29, 1.82) is 0 Å². The molecule has 1 amide bonds. The molecule has 0 unspecified atom stereocenters. The van der Waals surface area contributed by atoms with Crippen LogP contribution in [-0.4, -0.2) is 16.4 Å². The first-order chi connectivity index (χ1) is 9.25. The number of amides is 1. The normalized spacial score (nSPS) is 11.2. The molecule has 0 aliphatic rings. The van der Waals surface area contributed by atoms with E-state index in [9.17, 15) is 23.7 Å². The zero-order valence-corrected chi connectivity index (χ0v) is 11.1. The molecule has 1 rings (SSSR count). The Labute approximate surface area is 114 Å². The lowest BCUT2D eigenvalue weighted by atomic mass is 9.93. The lowest BCUT2D eigenvalue weighted by Crippen LogP contribution is -2.50. The summed E-state index contributed by atoms with van der Waals surface area (Å²) in [5.41, 5.74) is 3.22. The van der Waals surface area contributed by atoms with Gasteiger partial charge in [0.1, 0.15) is 5.82 Å². The van der Waals surface area contributed by atoms with Gasteiger partial charge < -0.3 is 11.1 Å². The standard InChI is InChI=1S/C12H15F2N3O3/c1-3-12(15,4-2)11(18)16-9-6-10(17(19)20)8(14)5-7(9)13/h5-6H,3-4,15H2,1-2H3,(H,16,18). The molecule has 0 aromatic heterocycles. The Morgan fingerprint density at radius 2 is 1.90 bits per heavy atom. The number of nitrogens with one attached hydrogen (secondary N) is 1. The second-order valence-corrected chi connectivity index (χ2v) is 4.36. The number of hydrogen-bond acceptors (Lipinski definition) is 4. The highest BCUT2D eigenvalue weighted by Gasteiger charge is 2.31. The Bertz CT molecular complexity index is 545. The first-order valence-corrected chi connectivity index (χ1v) is 5.99. The van der Waals surface area contributed by atoms with Gasteiger partial charge in [0, 0.05) is 12.1 Å². The van der Waals surface area contributed by atoms with Crippen molar-refractivity contribution in [2.75, 3.05) is 5.32 Å². The van der Waals surface area contributed by atoms with Crippen molar-refractivity contribution in [2.45, 2.75) is 32.2 Å². The molecule has 0 fully saturated rings. The van der Waals surface area contributed by atoms with E-state index in [1.165, 1.54) is 0 Å². The van der Waals surface area contributed by atoms with Gasteiger partial charge >= 0.3 is 5.69 Å². The maximum Gasteiger partial charge on any atom is 0.307 e. The minimum atomic E-state index is -1.31. The summed E-state index contributed by atoms with van der Waals surface area (Å²) >= 11 is 0. The summed E-state index contributed by atoms with van der Waals surface area (Å²) in [5, 5.41) is 12.8. The molecule has 0 aliphatic heterocycles. The van der Waals surface area contributed by atoms with Gasteiger partial charge in [0.2, 0.25) is 11.7 Å². The minimum Gasteiger partial charge on any atom is -0.322 e. The monoisotopic (exact) mass is 287 g/mol. The second-order valence-electron chi connectivity index (χ2n) is 4.36. The van der Waals surface area contributed by atoms with Gasteiger partial charge in [-0.25, -0.2) is 4.39 Å². The van der Waals surface area contributed by atoms with Crippen LogP contribution in [0.5, 0.6) is 0 Å². The molecule has 1 aromatic rings. The third kappa shape index (κ3) is 3.08. The van der Waals surface area contributed by atoms with Gasteiger partial charge in [-0.1, -0.05) is 13.8 Å². The van der Waals surface area contributed by atoms with Gasteiger partial charge in [0.15, 0.2) is 0 Å². The number of nitro benzene ring substituents is 1. The van der Waals surface area contributed by atoms with Crippen LogP contribution in [0, 0.1) is 21.7 Å². The highest BCUT2D eigenvalue weighted by atomic mass is 19.1. The van der Waals surface area contributed by atoms with Crippen LogP contribution in [0.2, 0.25) is 0 Å². The molecule has 110 valence electrons. The van der Waals surface area contributed by atoms with E-state index in [0.717, 1.165) is 0 Å². The van der Waals surface area contributed by atoms with E-state index in [-0.39, 0.29) is 0 Å². The van der Waals surface area contributed by atoms with Crippen molar-refractivity contribution in [3.8, 4) is 0 Å². The highest BCUT2D eigenvalue weighted by molar-refractivity contribution is 5.98. The van der Waals surface area contributed by atoms with E-state index in [1.54, 1.807) is 13.8 Å². The molecule has 8 heteroatoms. The number of anilines is 1. The van der Waals surface area contributed by atoms with Crippen LogP contribution >= 0.6 is 0 Å². The van der Waals surface area contributed by atoms with Gasteiger partial charge in [0.05, 0.1) is 16.1 Å². The van der Waals surface area contributed by atoms with E-state index < -0.39 is 39.4 Å². The van der Waals surface area contributed by atoms with Crippen LogP contribution in [0.1, 0.15) is 26.7 Å². The van der Waals surface area contributed by atoms with Gasteiger partial charge in [0.25, 0.3) is 0 Å². The Morgan fingerprint density at radius 3 is 2.35 bits per heavy atom. The van der Waals surface area contributed by atoms with Crippen LogP contribution in [0.25, 0.3) is 0 Å². The molecule has 0 aliphatic carbocycles. The summed E-state index contributed by atoms with van der Waals surface area (Å²) in [6, 6.07) is 0.984. The average molecular weight is 287 g/mol. The first kappa shape index (κ1) is 16.0. The number of nitrogens with zero attached hydrogens (tertiary/aromatic N) is 1. The van der Waals surface area contributed by atoms with Gasteiger partial charge in [-0.3, -0.25) is 14.9 Å². The van der Waals surface area contributed by atoms with E-state index >= 15 is 0 Å². The first-order valence-electron chi connectivity index (χ1n) is 5.99. The summed E-state index contributed by atoms with van der Waals surface area (Å²) in [6.45, 7) is 3.37. The minimum absolute atomic E-state index is 0.306. The average Bonchev–Trinajstić information content (AvgIpc) is 2.40. The van der Waals surface area contributed by atoms with Crippen molar-refractivity contribution in [3.05, 3.63) is 33.9 Å². The largest absolute Gasteiger partial charge is 0.322 e. The SMILES string of the molecule is CCC(N)(CC)C(=O)Nc1cc([N+](=O)[O-])c(F)cc1F. The summed E-state index contributed by atoms with van der Waals surface area (Å²) in [6.07, 6.45) is 0.612. The molecule has 0 bridgehead atoms. The van der Waals surface area contributed by atoms with Crippen LogP contribution in [0.3, 0.4) is 0 Å². The number of nitro groups is 1. The molecule has 3 N–H and O–H groups in total. The molecule has 0 spiro atoms. The maximum absolute atomic E-state index is 13.5. The Balaban J connectivity index is 3.13. The van der Waals surface area contributed by atoms with Crippen LogP contribution < -0.4 is 11.1 Å². The fourth-order valence-corrected chi connectivity index (χ4v) is 1.59. The number of hydrogen-bond donors (Lipinski definition) is 2. The molecule has 1 aromatic carbocycles. The highest BCUT2D eigenvalue weighted by Crippen LogP contribution is 2.26. The molecular weight excluding hydrogens is 272 g/mol. The van der Waals surface area contributed by atoms with Gasteiger partial charge in [-0.15, -0.1) is 0 Å². The summed E-state index contributed by atoms with van der Waals surface area (Å²) in [5.74, 6) is -3.09. The van der Waals surface area contributed by atoms with E-state index in [2.05, 4.69) is 5.32 Å². The number of carbonyl (C=O) groups is 1. The van der Waals surface area contributed by atoms with E-state index in [1.807, 2.05) is 0 Å². The fourth-order valence-electron chi connectivity index (χ4n) is 1.59. The smallest absolute Gasteiger partial charge is 0.307 e. The predicted octanol–water partition coefficient (Wildman–Crippen LogP) is 2.33. The number of halogens is 2. The number of rotatable bonds is 5. The topological polar surface area (TPSA) is 98.3 Å². The number of nitrogens with two attached hydrogens (primary N) is 1. The van der Waals surface area contributed by atoms with Crippen LogP contribution in [0.4, 0.5) is 20.2 Å². The lowest BCUT2D eigenvalue weighted by molar-refractivity contribution is -0.387. The van der Waals surface area contributed by atoms with Crippen molar-refractivity contribution in [3.63, 3.8) is 0 Å². The molecule has 0 saturated heterocycles. The van der Waals surface area contributed by atoms with Crippen molar-refractivity contribution in [1.82, 2.24) is 0 Å². The predicted molar refractivity (Wildman–Crippen MR) is 69.1 cm³/mol. The van der Waals surface area contributed by atoms with E-state index in [4.69, 9.17) is 5.73 Å². The van der Waals surface area contributed by atoms with E-state index in [0.29, 0.717) is 25.0 Å². The Kier molecular flexibility index (Phi) is 4.72. The van der Waals surface area contributed by atoms with Gasteiger partial charge in [-0.2, -0.15) is 4.39 Å². The van der Waals surface area contributed by atoms with Crippen molar-refractivity contribution in [2.24, 2.45) is 5.73 Å². The van der Waals surface area contributed by atoms with Crippen LogP contribution in [-0.2, 0) is 4.79 Å². The Hall–Kier alpha value is -2.09. The fraction of sp³-hybridized carbons (Fsp3) is 0.417. The number of carbonyl (C=O) groups excluding carboxylic acids is 1. The molecular formula is C12H15F2N3O3. The number of benzene rings is 1. The summed E-state index contributed by atoms with van der Waals surface area (Å²) in [4.78, 5) is 21.5. The third-order valence-electron chi connectivity index (χ3n) is 3.20. The summed E-state index contributed by atoms with van der Waals surface area (Å²) in [7, 11) is 0. The molecule has 6 nitrogen and oxygen atoms in total. The molecule has 20 heavy (non-hydrogen) atoms. The molecule has 0 saturated carbocycles. The Morgan fingerprint density at radius 1 is 1.35 bits per heavy atom. The molecule has 0 atom stereocenters. The van der Waals surface area contributed by atoms with Crippen LogP contribution in [0.15, 0.2) is 12.1 Å². The molecule has 0 heterocycles. The zero-order chi connectivity index (χ0) is 15.5. The zero-order valence-electron chi connectivity index (χ0n) is 11.1. The quantitative estimate of drug-likeness (QED) is 0.641. The lowest BCUT2D eigenvalue weighted by Gasteiger charge is -2.25. The van der Waals surface area contributed by atoms with Crippen molar-refractivity contribution >= 4 is 17.3 Å². The summed E-state index contributed by atoms with van der Waals surface area (Å²) < 4.78 is 26.7. The second kappa shape index (κ2) is 5.91. The van der Waals surface area contributed by atoms with Gasteiger partial charge in [-0.05, 0) is 12.8 Å². The molecule has 0 radical (unpaired) electrons. The van der Waals surface area contributed by atoms with Crippen molar-refractivity contribution < 1.29 is 18.5 Å².